The lowest BCUT2D eigenvalue weighted by atomic mass is 9.97. The number of amides is 1. The van der Waals surface area contributed by atoms with Crippen molar-refractivity contribution in [2.45, 2.75) is 12.8 Å². The van der Waals surface area contributed by atoms with Crippen molar-refractivity contribution in [2.75, 3.05) is 49.2 Å². The molecule has 1 unspecified atom stereocenters. The van der Waals surface area contributed by atoms with Gasteiger partial charge < -0.3 is 24.8 Å². The number of fused-ring (bicyclic) bond motifs is 1. The normalized spacial score (nSPS) is 19.1. The number of benzene rings is 1. The van der Waals surface area contributed by atoms with Gasteiger partial charge in [0.25, 0.3) is 5.56 Å². The molecule has 0 saturated carbocycles. The van der Waals surface area contributed by atoms with E-state index >= 15 is 0 Å². The first-order valence-corrected chi connectivity index (χ1v) is 11.3. The van der Waals surface area contributed by atoms with E-state index in [1.54, 1.807) is 7.05 Å². The smallest absolute Gasteiger partial charge is 0.264 e. The first-order valence-electron chi connectivity index (χ1n) is 11.3. The number of ether oxygens (including phenoxy) is 1. The van der Waals surface area contributed by atoms with Crippen LogP contribution in [0.1, 0.15) is 12.8 Å². The molecule has 1 amide bonds. The molecule has 9 heteroatoms. The van der Waals surface area contributed by atoms with Gasteiger partial charge in [-0.1, -0.05) is 12.1 Å². The highest BCUT2D eigenvalue weighted by molar-refractivity contribution is 5.92. The number of nitrogens with zero attached hydrogens (tertiary/aromatic N) is 5. The lowest BCUT2D eigenvalue weighted by Crippen LogP contribution is -2.42. The molecule has 1 aromatic carbocycles. The number of aromatic nitrogens is 3. The second-order valence-electron chi connectivity index (χ2n) is 8.72. The number of nitrogens with two attached hydrogens (primary N) is 1. The third kappa shape index (κ3) is 4.16. The van der Waals surface area contributed by atoms with E-state index in [-0.39, 0.29) is 17.4 Å². The minimum absolute atomic E-state index is 0.155. The van der Waals surface area contributed by atoms with Crippen LogP contribution in [0, 0.1) is 5.92 Å². The maximum Gasteiger partial charge on any atom is 0.264 e. The summed E-state index contributed by atoms with van der Waals surface area (Å²) in [6, 6.07) is 10.1. The van der Waals surface area contributed by atoms with Crippen LogP contribution in [0.4, 0.5) is 11.5 Å². The summed E-state index contributed by atoms with van der Waals surface area (Å²) in [7, 11) is 1.68. The molecule has 0 radical (unpaired) electrons. The summed E-state index contributed by atoms with van der Waals surface area (Å²) in [5.41, 5.74) is 8.87. The average Bonchev–Trinajstić information content (AvgIpc) is 2.86. The van der Waals surface area contributed by atoms with Gasteiger partial charge in [-0.3, -0.25) is 9.59 Å². The molecule has 172 valence electrons. The molecule has 1 atom stereocenters. The number of piperidine rings is 1. The Balaban J connectivity index is 1.57. The highest BCUT2D eigenvalue weighted by Crippen LogP contribution is 2.31. The molecule has 2 N–H and O–H groups in total. The van der Waals surface area contributed by atoms with Crippen molar-refractivity contribution in [1.29, 1.82) is 0 Å². The number of aryl methyl sites for hydroxylation is 1. The number of anilines is 2. The van der Waals surface area contributed by atoms with Gasteiger partial charge in [-0.2, -0.15) is 0 Å². The second-order valence-corrected chi connectivity index (χ2v) is 8.72. The number of carbonyl (C=O) groups is 1. The molecule has 2 aromatic heterocycles. The van der Waals surface area contributed by atoms with Gasteiger partial charge in [-0.25, -0.2) is 9.97 Å². The number of morpholine rings is 1. The third-order valence-electron chi connectivity index (χ3n) is 6.55. The predicted molar refractivity (Wildman–Crippen MR) is 127 cm³/mol. The molecule has 9 nitrogen and oxygen atoms in total. The number of pyridine rings is 1. The Morgan fingerprint density at radius 1 is 1.12 bits per heavy atom. The largest absolute Gasteiger partial charge is 0.378 e. The van der Waals surface area contributed by atoms with E-state index in [9.17, 15) is 9.59 Å². The number of primary amides is 1. The highest BCUT2D eigenvalue weighted by Gasteiger charge is 2.27. The third-order valence-corrected chi connectivity index (χ3v) is 6.55. The fourth-order valence-electron chi connectivity index (χ4n) is 4.65. The van der Waals surface area contributed by atoms with Crippen molar-refractivity contribution in [2.24, 2.45) is 18.7 Å². The Labute approximate surface area is 191 Å². The predicted octanol–water partition coefficient (Wildman–Crippen LogP) is 1.53. The Kier molecular flexibility index (Phi) is 5.72. The van der Waals surface area contributed by atoms with Crippen LogP contribution in [-0.2, 0) is 16.6 Å². The fraction of sp³-hybridized carbons (Fsp3) is 0.417. The van der Waals surface area contributed by atoms with Crippen LogP contribution in [0.5, 0.6) is 0 Å². The van der Waals surface area contributed by atoms with Crippen LogP contribution in [0.25, 0.3) is 22.2 Å². The zero-order valence-electron chi connectivity index (χ0n) is 18.7. The molecule has 3 aromatic rings. The number of rotatable bonds is 4. The fourth-order valence-corrected chi connectivity index (χ4v) is 4.65. The Hall–Kier alpha value is -3.46. The molecular formula is C24H28N6O3. The quantitative estimate of drug-likeness (QED) is 0.645. The molecule has 4 heterocycles. The standard InChI is InChI=1S/C24H28N6O3/c1-28-15-26-20-13-19(16-4-6-18(7-5-16)29-9-11-33-12-10-29)27-23(21(20)24(28)32)30-8-2-3-17(14-30)22(25)31/h4-7,13,15,17H,2-3,8-12,14H2,1H3,(H2,25,31). The molecule has 2 saturated heterocycles. The zero-order valence-corrected chi connectivity index (χ0v) is 18.7. The van der Waals surface area contributed by atoms with E-state index in [1.165, 1.54) is 10.9 Å². The highest BCUT2D eigenvalue weighted by atomic mass is 16.5. The van der Waals surface area contributed by atoms with E-state index < -0.39 is 0 Å². The first kappa shape index (κ1) is 21.4. The minimum Gasteiger partial charge on any atom is -0.378 e. The van der Waals surface area contributed by atoms with Gasteiger partial charge in [-0.15, -0.1) is 0 Å². The number of hydrogen-bond acceptors (Lipinski definition) is 7. The van der Waals surface area contributed by atoms with Gasteiger partial charge in [0.15, 0.2) is 0 Å². The van der Waals surface area contributed by atoms with Crippen LogP contribution >= 0.6 is 0 Å². The monoisotopic (exact) mass is 448 g/mol. The summed E-state index contributed by atoms with van der Waals surface area (Å²) >= 11 is 0. The van der Waals surface area contributed by atoms with Gasteiger partial charge in [-0.05, 0) is 31.0 Å². The van der Waals surface area contributed by atoms with Gasteiger partial charge in [0.2, 0.25) is 5.91 Å². The zero-order chi connectivity index (χ0) is 22.9. The van der Waals surface area contributed by atoms with Crippen molar-refractivity contribution >= 4 is 28.3 Å². The lowest BCUT2D eigenvalue weighted by Gasteiger charge is -2.32. The van der Waals surface area contributed by atoms with Crippen molar-refractivity contribution in [3.63, 3.8) is 0 Å². The van der Waals surface area contributed by atoms with Gasteiger partial charge >= 0.3 is 0 Å². The summed E-state index contributed by atoms with van der Waals surface area (Å²) in [5.74, 6) is -0.00289. The molecule has 0 spiro atoms. The number of hydrogen-bond donors (Lipinski definition) is 1. The molecule has 5 rings (SSSR count). The van der Waals surface area contributed by atoms with Crippen LogP contribution < -0.4 is 21.1 Å². The first-order chi connectivity index (χ1) is 16.0. The van der Waals surface area contributed by atoms with Gasteiger partial charge in [0.05, 0.1) is 36.7 Å². The summed E-state index contributed by atoms with van der Waals surface area (Å²) in [6.07, 6.45) is 3.10. The Bertz CT molecular complexity index is 1230. The summed E-state index contributed by atoms with van der Waals surface area (Å²) < 4.78 is 6.90. The Morgan fingerprint density at radius 3 is 2.61 bits per heavy atom. The van der Waals surface area contributed by atoms with Crippen LogP contribution in [0.15, 0.2) is 41.5 Å². The summed E-state index contributed by atoms with van der Waals surface area (Å²) in [5, 5.41) is 0.471. The van der Waals surface area contributed by atoms with Crippen molar-refractivity contribution < 1.29 is 9.53 Å². The molecule has 0 aliphatic carbocycles. The van der Waals surface area contributed by atoms with Crippen LogP contribution in [-0.4, -0.2) is 59.8 Å². The van der Waals surface area contributed by atoms with E-state index in [0.29, 0.717) is 29.8 Å². The van der Waals surface area contributed by atoms with E-state index in [4.69, 9.17) is 15.5 Å². The molecule has 2 aliphatic heterocycles. The molecular weight excluding hydrogens is 420 g/mol. The molecule has 33 heavy (non-hydrogen) atoms. The van der Waals surface area contributed by atoms with Crippen LogP contribution in [0.2, 0.25) is 0 Å². The second kappa shape index (κ2) is 8.82. The van der Waals surface area contributed by atoms with Crippen molar-refractivity contribution in [3.8, 4) is 11.3 Å². The summed E-state index contributed by atoms with van der Waals surface area (Å²) in [6.45, 7) is 4.39. The minimum atomic E-state index is -0.315. The van der Waals surface area contributed by atoms with Gasteiger partial charge in [0.1, 0.15) is 11.2 Å². The van der Waals surface area contributed by atoms with Crippen LogP contribution in [0.3, 0.4) is 0 Å². The maximum atomic E-state index is 13.0. The molecule has 2 aliphatic rings. The maximum absolute atomic E-state index is 13.0. The number of carbonyl (C=O) groups excluding carboxylic acids is 1. The topological polar surface area (TPSA) is 107 Å². The molecule has 0 bridgehead atoms. The van der Waals surface area contributed by atoms with E-state index in [2.05, 4.69) is 22.0 Å². The SMILES string of the molecule is Cn1cnc2cc(-c3ccc(N4CCOCC4)cc3)nc(N3CCCC(C(N)=O)C3)c2c1=O. The lowest BCUT2D eigenvalue weighted by molar-refractivity contribution is -0.122. The van der Waals surface area contributed by atoms with Gasteiger partial charge in [0, 0.05) is 44.5 Å². The summed E-state index contributed by atoms with van der Waals surface area (Å²) in [4.78, 5) is 38.6. The van der Waals surface area contributed by atoms with Crippen molar-refractivity contribution in [1.82, 2.24) is 14.5 Å². The Morgan fingerprint density at radius 2 is 1.88 bits per heavy atom. The average molecular weight is 449 g/mol. The van der Waals surface area contributed by atoms with E-state index in [1.807, 2.05) is 23.1 Å². The van der Waals surface area contributed by atoms with Crippen molar-refractivity contribution in [3.05, 3.63) is 47.0 Å². The molecule has 2 fully saturated rings. The van der Waals surface area contributed by atoms with E-state index in [0.717, 1.165) is 56.1 Å².